The van der Waals surface area contributed by atoms with E-state index in [2.05, 4.69) is 36.3 Å². The van der Waals surface area contributed by atoms with Crippen LogP contribution in [0.25, 0.3) is 0 Å². The number of aliphatic imine (C=N–C) groups is 4. The SMILES string of the molecule is CCNC1=NC=NC2(Cc3ccc(OC)c(OC4CCCC4)c3)N=C(C(C)C)N=C12. The van der Waals surface area contributed by atoms with Crippen molar-refractivity contribution in [2.45, 2.75) is 64.6 Å². The van der Waals surface area contributed by atoms with Gasteiger partial charge in [-0.2, -0.15) is 0 Å². The number of ether oxygens (including phenoxy) is 2. The van der Waals surface area contributed by atoms with Crippen LogP contribution in [0, 0.1) is 5.92 Å². The normalized spacial score (nSPS) is 23.2. The van der Waals surface area contributed by atoms with Crippen molar-refractivity contribution in [2.24, 2.45) is 25.9 Å². The monoisotopic (exact) mass is 409 g/mol. The molecule has 0 spiro atoms. The van der Waals surface area contributed by atoms with Gasteiger partial charge >= 0.3 is 0 Å². The van der Waals surface area contributed by atoms with Gasteiger partial charge in [-0.1, -0.05) is 19.9 Å². The Morgan fingerprint density at radius 2 is 2.00 bits per heavy atom. The lowest BCUT2D eigenvalue weighted by Gasteiger charge is -2.27. The van der Waals surface area contributed by atoms with E-state index in [1.807, 2.05) is 13.0 Å². The van der Waals surface area contributed by atoms with E-state index < -0.39 is 5.66 Å². The highest BCUT2D eigenvalue weighted by Gasteiger charge is 2.44. The molecule has 1 aromatic rings. The van der Waals surface area contributed by atoms with E-state index in [-0.39, 0.29) is 12.0 Å². The summed E-state index contributed by atoms with van der Waals surface area (Å²) in [4.78, 5) is 18.9. The zero-order valence-corrected chi connectivity index (χ0v) is 18.3. The van der Waals surface area contributed by atoms with Crippen LogP contribution in [0.2, 0.25) is 0 Å². The van der Waals surface area contributed by atoms with Crippen molar-refractivity contribution in [1.82, 2.24) is 5.32 Å². The molecular weight excluding hydrogens is 378 g/mol. The first-order chi connectivity index (χ1) is 14.5. The number of nitrogens with zero attached hydrogens (tertiary/aromatic N) is 4. The summed E-state index contributed by atoms with van der Waals surface area (Å²) in [5, 5.41) is 3.31. The van der Waals surface area contributed by atoms with Gasteiger partial charge in [0.05, 0.1) is 13.2 Å². The molecule has 4 rings (SSSR count). The van der Waals surface area contributed by atoms with Crippen molar-refractivity contribution in [3.63, 3.8) is 0 Å². The third-order valence-electron chi connectivity index (χ3n) is 5.72. The first kappa shape index (κ1) is 20.6. The number of hydrogen-bond donors (Lipinski definition) is 1. The fraction of sp³-hybridized carbons (Fsp3) is 0.565. The molecule has 1 unspecified atom stereocenters. The Labute approximate surface area is 178 Å². The second kappa shape index (κ2) is 8.58. The molecule has 1 atom stereocenters. The van der Waals surface area contributed by atoms with Crippen LogP contribution in [0.5, 0.6) is 11.5 Å². The lowest BCUT2D eigenvalue weighted by atomic mass is 9.94. The van der Waals surface area contributed by atoms with Crippen LogP contribution in [0.3, 0.4) is 0 Å². The highest BCUT2D eigenvalue weighted by atomic mass is 16.5. The molecule has 1 fully saturated rings. The summed E-state index contributed by atoms with van der Waals surface area (Å²) in [5.41, 5.74) is 1.10. The van der Waals surface area contributed by atoms with Crippen molar-refractivity contribution in [2.75, 3.05) is 13.7 Å². The zero-order valence-electron chi connectivity index (χ0n) is 18.3. The van der Waals surface area contributed by atoms with Gasteiger partial charge in [0.1, 0.15) is 17.9 Å². The van der Waals surface area contributed by atoms with Gasteiger partial charge in [0, 0.05) is 18.9 Å². The quantitative estimate of drug-likeness (QED) is 0.743. The van der Waals surface area contributed by atoms with Gasteiger partial charge in [0.15, 0.2) is 17.3 Å². The highest BCUT2D eigenvalue weighted by Crippen LogP contribution is 2.36. The molecule has 0 saturated heterocycles. The molecular formula is C23H31N5O2. The molecule has 7 heteroatoms. The molecule has 2 heterocycles. The van der Waals surface area contributed by atoms with Gasteiger partial charge in [-0.3, -0.25) is 0 Å². The van der Waals surface area contributed by atoms with Crippen LogP contribution in [-0.2, 0) is 6.42 Å². The summed E-state index contributed by atoms with van der Waals surface area (Å²) in [7, 11) is 1.68. The van der Waals surface area contributed by atoms with Crippen molar-refractivity contribution in [3.05, 3.63) is 23.8 Å². The van der Waals surface area contributed by atoms with Crippen LogP contribution in [-0.4, -0.2) is 49.1 Å². The molecule has 1 aliphatic carbocycles. The molecule has 0 aromatic heterocycles. The molecule has 0 amide bonds. The second-order valence-corrected chi connectivity index (χ2v) is 8.34. The summed E-state index contributed by atoms with van der Waals surface area (Å²) in [5.74, 6) is 3.34. The topological polar surface area (TPSA) is 79.9 Å². The molecule has 7 nitrogen and oxygen atoms in total. The summed E-state index contributed by atoms with van der Waals surface area (Å²) in [6.07, 6.45) is 7.11. The van der Waals surface area contributed by atoms with Gasteiger partial charge < -0.3 is 14.8 Å². The second-order valence-electron chi connectivity index (χ2n) is 8.34. The van der Waals surface area contributed by atoms with Gasteiger partial charge in [0.25, 0.3) is 0 Å². The van der Waals surface area contributed by atoms with Gasteiger partial charge in [-0.15, -0.1) is 0 Å². The number of hydrogen-bond acceptors (Lipinski definition) is 7. The zero-order chi connectivity index (χ0) is 21.1. The van der Waals surface area contributed by atoms with Gasteiger partial charge in [-0.25, -0.2) is 20.0 Å². The Hall–Kier alpha value is -2.70. The third-order valence-corrected chi connectivity index (χ3v) is 5.72. The first-order valence-electron chi connectivity index (χ1n) is 10.9. The maximum Gasteiger partial charge on any atom is 0.203 e. The van der Waals surface area contributed by atoms with Crippen molar-refractivity contribution < 1.29 is 9.47 Å². The number of amidine groups is 2. The minimum Gasteiger partial charge on any atom is -0.493 e. The van der Waals surface area contributed by atoms with E-state index in [0.29, 0.717) is 6.42 Å². The predicted molar refractivity (Wildman–Crippen MR) is 122 cm³/mol. The first-order valence-corrected chi connectivity index (χ1v) is 10.9. The molecule has 3 aliphatic rings. The minimum atomic E-state index is -0.780. The van der Waals surface area contributed by atoms with Crippen LogP contribution >= 0.6 is 0 Å². The Kier molecular flexibility index (Phi) is 5.88. The lowest BCUT2D eigenvalue weighted by molar-refractivity contribution is 0.200. The van der Waals surface area contributed by atoms with Crippen LogP contribution < -0.4 is 14.8 Å². The van der Waals surface area contributed by atoms with Crippen LogP contribution in [0.4, 0.5) is 0 Å². The van der Waals surface area contributed by atoms with E-state index in [1.165, 1.54) is 12.8 Å². The largest absolute Gasteiger partial charge is 0.493 e. The smallest absolute Gasteiger partial charge is 0.203 e. The van der Waals surface area contributed by atoms with Gasteiger partial charge in [0.2, 0.25) is 5.66 Å². The number of nitrogens with one attached hydrogen (secondary N) is 1. The number of methoxy groups -OCH3 is 1. The minimum absolute atomic E-state index is 0.218. The maximum atomic E-state index is 6.29. The molecule has 30 heavy (non-hydrogen) atoms. The van der Waals surface area contributed by atoms with E-state index in [4.69, 9.17) is 24.5 Å². The van der Waals surface area contributed by atoms with Crippen molar-refractivity contribution in [3.8, 4) is 11.5 Å². The van der Waals surface area contributed by atoms with E-state index in [9.17, 15) is 0 Å². The van der Waals surface area contributed by atoms with Crippen LogP contribution in [0.1, 0.15) is 52.0 Å². The molecule has 2 aliphatic heterocycles. The van der Waals surface area contributed by atoms with Crippen molar-refractivity contribution in [1.29, 1.82) is 0 Å². The molecule has 1 aromatic carbocycles. The number of fused-ring (bicyclic) bond motifs is 1. The Morgan fingerprint density at radius 3 is 2.70 bits per heavy atom. The van der Waals surface area contributed by atoms with Crippen molar-refractivity contribution >= 4 is 23.7 Å². The summed E-state index contributed by atoms with van der Waals surface area (Å²) >= 11 is 0. The summed E-state index contributed by atoms with van der Waals surface area (Å²) < 4.78 is 11.8. The number of rotatable bonds is 7. The van der Waals surface area contributed by atoms with Gasteiger partial charge in [-0.05, 0) is 50.3 Å². The number of benzene rings is 1. The maximum absolute atomic E-state index is 6.29. The molecule has 0 bridgehead atoms. The fourth-order valence-electron chi connectivity index (χ4n) is 4.16. The van der Waals surface area contributed by atoms with E-state index in [1.54, 1.807) is 13.4 Å². The fourth-order valence-corrected chi connectivity index (χ4v) is 4.16. The standard InChI is InChI=1S/C23H31N5O2/c1-5-24-22-20-23(26-14-25-22,28-21(27-20)15(2)3)13-16-10-11-18(29-4)19(12-16)30-17-8-6-7-9-17/h10-12,14-15,17H,5-9,13H2,1-4H3,(H,24,25,26). The Balaban J connectivity index is 1.65. The summed E-state index contributed by atoms with van der Waals surface area (Å²) in [6, 6.07) is 6.10. The Morgan fingerprint density at radius 1 is 1.20 bits per heavy atom. The highest BCUT2D eigenvalue weighted by molar-refractivity contribution is 6.49. The van der Waals surface area contributed by atoms with Crippen LogP contribution in [0.15, 0.2) is 38.2 Å². The molecule has 1 N–H and O–H groups in total. The summed E-state index contributed by atoms with van der Waals surface area (Å²) in [6.45, 7) is 7.01. The lowest BCUT2D eigenvalue weighted by Crippen LogP contribution is -2.47. The van der Waals surface area contributed by atoms with E-state index >= 15 is 0 Å². The Bertz CT molecular complexity index is 912. The predicted octanol–water partition coefficient (Wildman–Crippen LogP) is 3.81. The average Bonchev–Trinajstić information content (AvgIpc) is 3.37. The molecule has 0 radical (unpaired) electrons. The van der Waals surface area contributed by atoms with E-state index in [0.717, 1.165) is 53.8 Å². The average molecular weight is 410 g/mol. The molecule has 1 saturated carbocycles. The third kappa shape index (κ3) is 3.98. The molecule has 160 valence electrons.